The van der Waals surface area contributed by atoms with E-state index in [1.807, 2.05) is 13.8 Å². The average Bonchev–Trinajstić information content (AvgIpc) is 2.50. The molecule has 0 aromatic carbocycles. The van der Waals surface area contributed by atoms with Gasteiger partial charge >= 0.3 is 0 Å². The van der Waals surface area contributed by atoms with Gasteiger partial charge in [0.1, 0.15) is 0 Å². The number of hydrogen-bond donors (Lipinski definition) is 3. The Morgan fingerprint density at radius 1 is 1.69 bits per heavy atom. The first-order valence-corrected chi connectivity index (χ1v) is 4.76. The van der Waals surface area contributed by atoms with Gasteiger partial charge in [0.2, 0.25) is 5.91 Å². The third-order valence-electron chi connectivity index (χ3n) is 2.15. The predicted octanol–water partition coefficient (Wildman–Crippen LogP) is -0.551. The summed E-state index contributed by atoms with van der Waals surface area (Å²) in [6.45, 7) is 6.10. The minimum atomic E-state index is -0.318. The van der Waals surface area contributed by atoms with E-state index in [9.17, 15) is 4.79 Å². The molecular weight excluding hydrogens is 166 g/mol. The van der Waals surface area contributed by atoms with Crippen molar-refractivity contribution in [3.63, 3.8) is 0 Å². The van der Waals surface area contributed by atoms with Crippen LogP contribution in [0.5, 0.6) is 0 Å². The lowest BCUT2D eigenvalue weighted by Crippen LogP contribution is -2.46. The lowest BCUT2D eigenvalue weighted by molar-refractivity contribution is -0.124. The highest BCUT2D eigenvalue weighted by atomic mass is 16.1. The molecule has 1 aliphatic heterocycles. The van der Waals surface area contributed by atoms with E-state index in [1.165, 1.54) is 0 Å². The highest BCUT2D eigenvalue weighted by Gasteiger charge is 2.23. The summed E-state index contributed by atoms with van der Waals surface area (Å²) in [5.41, 5.74) is 5.43. The molecule has 4 N–H and O–H groups in total. The summed E-state index contributed by atoms with van der Waals surface area (Å²) >= 11 is 0. The molecule has 1 amide bonds. The van der Waals surface area contributed by atoms with Gasteiger partial charge in [-0.1, -0.05) is 0 Å². The standard InChI is InChI=1S/C9H19N3O/c1-9(2,10)6-12-8(13)7-3-4-11-5-7/h7,11H,3-6,10H2,1-2H3,(H,12,13)/t7-/m0/s1. The van der Waals surface area contributed by atoms with Crippen molar-refractivity contribution < 1.29 is 4.79 Å². The largest absolute Gasteiger partial charge is 0.354 e. The normalized spacial score (nSPS) is 23.2. The van der Waals surface area contributed by atoms with Gasteiger partial charge in [0.15, 0.2) is 0 Å². The van der Waals surface area contributed by atoms with E-state index in [2.05, 4.69) is 10.6 Å². The molecule has 76 valence electrons. The second-order valence-electron chi connectivity index (χ2n) is 4.40. The fourth-order valence-electron chi connectivity index (χ4n) is 1.34. The van der Waals surface area contributed by atoms with Crippen molar-refractivity contribution in [1.29, 1.82) is 0 Å². The molecule has 0 aliphatic carbocycles. The number of amides is 1. The first-order chi connectivity index (χ1) is 5.99. The summed E-state index contributed by atoms with van der Waals surface area (Å²) < 4.78 is 0. The minimum absolute atomic E-state index is 0.128. The Kier molecular flexibility index (Phi) is 3.27. The summed E-state index contributed by atoms with van der Waals surface area (Å²) in [6.07, 6.45) is 0.941. The summed E-state index contributed by atoms with van der Waals surface area (Å²) in [5.74, 6) is 0.269. The van der Waals surface area contributed by atoms with Crippen LogP contribution >= 0.6 is 0 Å². The van der Waals surface area contributed by atoms with Crippen LogP contribution in [0.1, 0.15) is 20.3 Å². The van der Waals surface area contributed by atoms with Gasteiger partial charge in [0.25, 0.3) is 0 Å². The smallest absolute Gasteiger partial charge is 0.224 e. The number of carbonyl (C=O) groups excluding carboxylic acids is 1. The number of hydrogen-bond acceptors (Lipinski definition) is 3. The summed E-state index contributed by atoms with van der Waals surface area (Å²) in [5, 5.41) is 6.02. The van der Waals surface area contributed by atoms with Crippen molar-refractivity contribution in [2.45, 2.75) is 25.8 Å². The molecule has 0 aromatic heterocycles. The maximum atomic E-state index is 11.5. The number of nitrogens with one attached hydrogen (secondary N) is 2. The fraction of sp³-hybridized carbons (Fsp3) is 0.889. The Morgan fingerprint density at radius 3 is 2.85 bits per heavy atom. The van der Waals surface area contributed by atoms with Gasteiger partial charge in [-0.05, 0) is 26.8 Å². The quantitative estimate of drug-likeness (QED) is 0.552. The van der Waals surface area contributed by atoms with E-state index in [4.69, 9.17) is 5.73 Å². The molecule has 0 radical (unpaired) electrons. The zero-order valence-electron chi connectivity index (χ0n) is 8.39. The van der Waals surface area contributed by atoms with E-state index in [0.29, 0.717) is 6.54 Å². The molecule has 0 spiro atoms. The average molecular weight is 185 g/mol. The molecule has 1 atom stereocenters. The summed E-state index contributed by atoms with van der Waals surface area (Å²) in [7, 11) is 0. The molecule has 1 fully saturated rings. The Labute approximate surface area is 79.3 Å². The minimum Gasteiger partial charge on any atom is -0.354 e. The second kappa shape index (κ2) is 4.07. The third kappa shape index (κ3) is 3.74. The zero-order chi connectivity index (χ0) is 9.90. The molecule has 4 heteroatoms. The first kappa shape index (κ1) is 10.5. The summed E-state index contributed by atoms with van der Waals surface area (Å²) in [6, 6.07) is 0. The fourth-order valence-corrected chi connectivity index (χ4v) is 1.34. The van der Waals surface area contributed by atoms with Gasteiger partial charge in [-0.2, -0.15) is 0 Å². The SMILES string of the molecule is CC(C)(N)CNC(=O)[C@H]1CCNC1. The Hall–Kier alpha value is -0.610. The van der Waals surface area contributed by atoms with Crippen molar-refractivity contribution >= 4 is 5.91 Å². The molecule has 4 nitrogen and oxygen atoms in total. The summed E-state index contributed by atoms with van der Waals surface area (Å²) in [4.78, 5) is 11.5. The van der Waals surface area contributed by atoms with Crippen molar-refractivity contribution in [3.05, 3.63) is 0 Å². The van der Waals surface area contributed by atoms with Crippen molar-refractivity contribution in [2.75, 3.05) is 19.6 Å². The van der Waals surface area contributed by atoms with Crippen molar-refractivity contribution in [3.8, 4) is 0 Å². The monoisotopic (exact) mass is 185 g/mol. The van der Waals surface area contributed by atoms with E-state index in [-0.39, 0.29) is 17.4 Å². The highest BCUT2D eigenvalue weighted by molar-refractivity contribution is 5.79. The van der Waals surface area contributed by atoms with Crippen molar-refractivity contribution in [2.24, 2.45) is 11.7 Å². The second-order valence-corrected chi connectivity index (χ2v) is 4.40. The van der Waals surface area contributed by atoms with Crippen molar-refractivity contribution in [1.82, 2.24) is 10.6 Å². The van der Waals surface area contributed by atoms with Crippen LogP contribution in [0.2, 0.25) is 0 Å². The third-order valence-corrected chi connectivity index (χ3v) is 2.15. The van der Waals surface area contributed by atoms with Gasteiger partial charge in [0, 0.05) is 18.6 Å². The van der Waals surface area contributed by atoms with Crippen LogP contribution in [0.25, 0.3) is 0 Å². The zero-order valence-corrected chi connectivity index (χ0v) is 8.39. The van der Waals surface area contributed by atoms with E-state index in [0.717, 1.165) is 19.5 Å². The van der Waals surface area contributed by atoms with Crippen LogP contribution in [0.4, 0.5) is 0 Å². The molecule has 1 heterocycles. The van der Waals surface area contributed by atoms with Crippen LogP contribution in [-0.4, -0.2) is 31.1 Å². The number of nitrogens with two attached hydrogens (primary N) is 1. The topological polar surface area (TPSA) is 67.1 Å². The van der Waals surface area contributed by atoms with E-state index < -0.39 is 0 Å². The molecule has 1 aliphatic rings. The van der Waals surface area contributed by atoms with Crippen LogP contribution in [0.15, 0.2) is 0 Å². The van der Waals surface area contributed by atoms with Gasteiger partial charge in [-0.25, -0.2) is 0 Å². The predicted molar refractivity (Wildman–Crippen MR) is 52.3 cm³/mol. The van der Waals surface area contributed by atoms with Crippen LogP contribution < -0.4 is 16.4 Å². The molecule has 1 rings (SSSR count). The molecule has 0 unspecified atom stereocenters. The van der Waals surface area contributed by atoms with Crippen LogP contribution in [0, 0.1) is 5.92 Å². The Balaban J connectivity index is 2.25. The molecule has 1 saturated heterocycles. The Morgan fingerprint density at radius 2 is 2.38 bits per heavy atom. The molecule has 0 bridgehead atoms. The maximum absolute atomic E-state index is 11.5. The van der Waals surface area contributed by atoms with E-state index >= 15 is 0 Å². The lowest BCUT2D eigenvalue weighted by Gasteiger charge is -2.20. The molecule has 13 heavy (non-hydrogen) atoms. The van der Waals surface area contributed by atoms with Crippen LogP contribution in [-0.2, 0) is 4.79 Å². The van der Waals surface area contributed by atoms with E-state index in [1.54, 1.807) is 0 Å². The Bertz CT molecular complexity index is 180. The van der Waals surface area contributed by atoms with Gasteiger partial charge in [0.05, 0.1) is 5.92 Å². The molecular formula is C9H19N3O. The maximum Gasteiger partial charge on any atom is 0.224 e. The molecule has 0 saturated carbocycles. The number of rotatable bonds is 3. The lowest BCUT2D eigenvalue weighted by atomic mass is 10.1. The van der Waals surface area contributed by atoms with Crippen LogP contribution in [0.3, 0.4) is 0 Å². The number of carbonyl (C=O) groups is 1. The highest BCUT2D eigenvalue weighted by Crippen LogP contribution is 2.07. The van der Waals surface area contributed by atoms with Gasteiger partial charge in [-0.15, -0.1) is 0 Å². The first-order valence-electron chi connectivity index (χ1n) is 4.76. The van der Waals surface area contributed by atoms with Gasteiger partial charge in [-0.3, -0.25) is 4.79 Å². The molecule has 0 aromatic rings. The van der Waals surface area contributed by atoms with Gasteiger partial charge < -0.3 is 16.4 Å².